The van der Waals surface area contributed by atoms with Crippen molar-refractivity contribution in [1.29, 1.82) is 0 Å². The van der Waals surface area contributed by atoms with Crippen molar-refractivity contribution in [2.75, 3.05) is 0 Å². The van der Waals surface area contributed by atoms with Crippen LogP contribution in [0, 0.1) is 0 Å². The predicted octanol–water partition coefficient (Wildman–Crippen LogP) is -0.309. The Labute approximate surface area is 85.9 Å². The molecular formula is C2H9CaNO6. The molecule has 0 atom stereocenters. The molecule has 0 fully saturated rings. The molecule has 7 N–H and O–H groups in total. The van der Waals surface area contributed by atoms with Crippen LogP contribution < -0.4 is 6.15 Å². The molecule has 0 rings (SSSR count). The molecule has 8 heteroatoms. The molecule has 10 heavy (non-hydrogen) atoms. The van der Waals surface area contributed by atoms with Crippen molar-refractivity contribution < 1.29 is 30.0 Å². The summed E-state index contributed by atoms with van der Waals surface area (Å²) < 4.78 is 0. The van der Waals surface area contributed by atoms with Crippen LogP contribution in [0.25, 0.3) is 0 Å². The summed E-state index contributed by atoms with van der Waals surface area (Å²) in [6.45, 7) is 0. The number of carboxylic acid groups (broad SMARTS) is 4. The Kier molecular flexibility index (Phi) is 35.9. The van der Waals surface area contributed by atoms with Crippen molar-refractivity contribution in [3.63, 3.8) is 0 Å². The summed E-state index contributed by atoms with van der Waals surface area (Å²) in [6, 6.07) is 0. The first kappa shape index (κ1) is 22.6. The number of hydrogen-bond acceptors (Lipinski definition) is 3. The molecule has 0 saturated carbocycles. The van der Waals surface area contributed by atoms with E-state index in [2.05, 4.69) is 0 Å². The number of hydrogen-bond donors (Lipinski definition) is 5. The zero-order valence-electron chi connectivity index (χ0n) is 4.31. The Balaban J connectivity index is -0.0000000300. The summed E-state index contributed by atoms with van der Waals surface area (Å²) in [4.78, 5) is 17.1. The first-order valence-corrected chi connectivity index (χ1v) is 1.30. The molecule has 0 saturated heterocycles. The van der Waals surface area contributed by atoms with Gasteiger partial charge in [-0.25, -0.2) is 9.59 Å². The second-order valence-corrected chi connectivity index (χ2v) is 0.565. The summed E-state index contributed by atoms with van der Waals surface area (Å²) in [7, 11) is 0. The van der Waals surface area contributed by atoms with Crippen molar-refractivity contribution in [2.45, 2.75) is 0 Å². The van der Waals surface area contributed by atoms with Crippen molar-refractivity contribution in [1.82, 2.24) is 6.15 Å². The minimum absolute atomic E-state index is 0. The fourth-order valence-electron chi connectivity index (χ4n) is 0. The van der Waals surface area contributed by atoms with Crippen molar-refractivity contribution in [3.8, 4) is 0 Å². The SMILES string of the molecule is N.O=C(O)O.O=C(O)O.[CaH2]. The fourth-order valence-corrected chi connectivity index (χ4v) is 0. The molecular weight excluding hydrogens is 174 g/mol. The molecule has 0 unspecified atom stereocenters. The predicted molar refractivity (Wildman–Crippen MR) is 34.9 cm³/mol. The van der Waals surface area contributed by atoms with Crippen LogP contribution in [-0.2, 0) is 0 Å². The molecule has 0 heterocycles. The molecule has 0 aliphatic rings. The maximum absolute atomic E-state index is 8.56. The van der Waals surface area contributed by atoms with Gasteiger partial charge in [0.1, 0.15) is 0 Å². The monoisotopic (exact) mass is 183 g/mol. The van der Waals surface area contributed by atoms with Gasteiger partial charge in [-0.2, -0.15) is 0 Å². The van der Waals surface area contributed by atoms with Gasteiger partial charge >= 0.3 is 50.0 Å². The molecule has 7 nitrogen and oxygen atoms in total. The fraction of sp³-hybridized carbons (Fsp3) is 0. The molecule has 0 aliphatic carbocycles. The average Bonchev–Trinajstić information content (AvgIpc) is 1.25. The van der Waals surface area contributed by atoms with E-state index in [1.54, 1.807) is 0 Å². The third-order valence-electron chi connectivity index (χ3n) is 0. The summed E-state index contributed by atoms with van der Waals surface area (Å²) >= 11 is 0. The Morgan fingerprint density at radius 2 is 0.800 bits per heavy atom. The normalized spacial score (nSPS) is 4.80. The van der Waals surface area contributed by atoms with E-state index in [0.29, 0.717) is 0 Å². The van der Waals surface area contributed by atoms with E-state index < -0.39 is 12.3 Å². The molecule has 0 bridgehead atoms. The van der Waals surface area contributed by atoms with Gasteiger partial charge in [0, 0.05) is 0 Å². The average molecular weight is 183 g/mol. The summed E-state index contributed by atoms with van der Waals surface area (Å²) in [5, 5.41) is 27.9. The zero-order chi connectivity index (χ0) is 7.15. The molecule has 0 spiro atoms. The molecule has 0 aliphatic heterocycles. The first-order valence-electron chi connectivity index (χ1n) is 1.30. The van der Waals surface area contributed by atoms with Crippen LogP contribution in [0.4, 0.5) is 9.59 Å². The Morgan fingerprint density at radius 1 is 0.800 bits per heavy atom. The third kappa shape index (κ3) is 6140. The summed E-state index contributed by atoms with van der Waals surface area (Å²) in [5.74, 6) is 0. The molecule has 0 aromatic carbocycles. The quantitative estimate of drug-likeness (QED) is 0.323. The molecule has 0 aromatic rings. The summed E-state index contributed by atoms with van der Waals surface area (Å²) in [5.41, 5.74) is 0. The third-order valence-corrected chi connectivity index (χ3v) is 0. The van der Waals surface area contributed by atoms with Crippen LogP contribution in [0.5, 0.6) is 0 Å². The van der Waals surface area contributed by atoms with Crippen molar-refractivity contribution >= 4 is 50.0 Å². The van der Waals surface area contributed by atoms with E-state index in [9.17, 15) is 0 Å². The van der Waals surface area contributed by atoms with Gasteiger partial charge in [-0.3, -0.25) is 0 Å². The zero-order valence-corrected chi connectivity index (χ0v) is 4.31. The minimum atomic E-state index is -1.83. The number of rotatable bonds is 0. The molecule has 60 valence electrons. The van der Waals surface area contributed by atoms with Gasteiger partial charge in [0.2, 0.25) is 0 Å². The van der Waals surface area contributed by atoms with Gasteiger partial charge in [-0.15, -0.1) is 0 Å². The topological polar surface area (TPSA) is 150 Å². The molecule has 0 aromatic heterocycles. The second kappa shape index (κ2) is 15.9. The van der Waals surface area contributed by atoms with E-state index in [1.807, 2.05) is 0 Å². The van der Waals surface area contributed by atoms with Gasteiger partial charge in [-0.05, 0) is 0 Å². The van der Waals surface area contributed by atoms with E-state index >= 15 is 0 Å². The van der Waals surface area contributed by atoms with Gasteiger partial charge in [0.25, 0.3) is 0 Å². The second-order valence-electron chi connectivity index (χ2n) is 0.565. The van der Waals surface area contributed by atoms with E-state index in [-0.39, 0.29) is 43.9 Å². The summed E-state index contributed by atoms with van der Waals surface area (Å²) in [6.07, 6.45) is -3.67. The Bertz CT molecular complexity index is 73.7. The van der Waals surface area contributed by atoms with Gasteiger partial charge < -0.3 is 26.6 Å². The van der Waals surface area contributed by atoms with Crippen LogP contribution >= 0.6 is 0 Å². The van der Waals surface area contributed by atoms with Gasteiger partial charge in [0.15, 0.2) is 0 Å². The number of carbonyl (C=O) groups is 2. The van der Waals surface area contributed by atoms with Crippen molar-refractivity contribution in [2.24, 2.45) is 0 Å². The first-order chi connectivity index (χ1) is 3.46. The van der Waals surface area contributed by atoms with Crippen LogP contribution in [0.3, 0.4) is 0 Å². The van der Waals surface area contributed by atoms with Crippen LogP contribution in [-0.4, -0.2) is 70.5 Å². The Morgan fingerprint density at radius 3 is 0.800 bits per heavy atom. The molecule has 0 radical (unpaired) electrons. The van der Waals surface area contributed by atoms with Crippen LogP contribution in [0.15, 0.2) is 0 Å². The standard InChI is InChI=1S/2CH2O3.Ca.H3N.2H/c2*2-1(3)4;;;;/h2*(H2,2,3,4);;1H3;;. The molecule has 0 amide bonds. The maximum atomic E-state index is 8.56. The van der Waals surface area contributed by atoms with E-state index in [1.165, 1.54) is 0 Å². The van der Waals surface area contributed by atoms with Crippen LogP contribution in [0.1, 0.15) is 0 Å². The van der Waals surface area contributed by atoms with E-state index in [4.69, 9.17) is 30.0 Å². The Hall–Kier alpha value is -0.240. The van der Waals surface area contributed by atoms with Gasteiger partial charge in [0.05, 0.1) is 0 Å². The van der Waals surface area contributed by atoms with Crippen molar-refractivity contribution in [3.05, 3.63) is 0 Å². The van der Waals surface area contributed by atoms with Crippen LogP contribution in [0.2, 0.25) is 0 Å². The van der Waals surface area contributed by atoms with E-state index in [0.717, 1.165) is 0 Å². The van der Waals surface area contributed by atoms with Gasteiger partial charge in [-0.1, -0.05) is 0 Å².